The maximum absolute atomic E-state index is 13.5. The van der Waals surface area contributed by atoms with Gasteiger partial charge in [0, 0.05) is 31.4 Å². The molecule has 1 aromatic carbocycles. The molecule has 3 N–H and O–H groups in total. The average Bonchev–Trinajstić information content (AvgIpc) is 3.18. The topological polar surface area (TPSA) is 109 Å². The first kappa shape index (κ1) is 21.2. The van der Waals surface area contributed by atoms with Gasteiger partial charge in [-0.3, -0.25) is 19.2 Å². The fourth-order valence-electron chi connectivity index (χ4n) is 3.62. The molecule has 2 aromatic rings. The number of halogens is 1. The number of aryl methyl sites for hydroxylation is 1. The molecule has 3 rings (SSSR count). The maximum atomic E-state index is 13.5. The maximum Gasteiger partial charge on any atom is 0.294 e. The van der Waals surface area contributed by atoms with Gasteiger partial charge >= 0.3 is 0 Å². The number of aromatic nitrogens is 1. The van der Waals surface area contributed by atoms with Crippen LogP contribution in [0.4, 0.5) is 10.1 Å². The van der Waals surface area contributed by atoms with Crippen molar-refractivity contribution in [2.24, 2.45) is 7.05 Å². The summed E-state index contributed by atoms with van der Waals surface area (Å²) in [5.41, 5.74) is 2.06. The van der Waals surface area contributed by atoms with E-state index in [9.17, 15) is 23.6 Å². The van der Waals surface area contributed by atoms with E-state index in [2.05, 4.69) is 16.0 Å². The van der Waals surface area contributed by atoms with Crippen LogP contribution in [0, 0.1) is 26.6 Å². The van der Waals surface area contributed by atoms with Crippen molar-refractivity contribution in [3.05, 3.63) is 52.1 Å². The van der Waals surface area contributed by atoms with Gasteiger partial charge in [-0.2, -0.15) is 0 Å². The number of hydrogen-bond donors (Lipinski definition) is 3. The molecule has 158 valence electrons. The van der Waals surface area contributed by atoms with Crippen LogP contribution in [0.25, 0.3) is 0 Å². The summed E-state index contributed by atoms with van der Waals surface area (Å²) < 4.78 is 15.0. The van der Waals surface area contributed by atoms with Gasteiger partial charge in [-0.05, 0) is 50.1 Å². The molecule has 0 radical (unpaired) electrons. The molecule has 9 heteroatoms. The summed E-state index contributed by atoms with van der Waals surface area (Å²) in [6.45, 7) is 5.13. The highest BCUT2D eigenvalue weighted by Crippen LogP contribution is 2.24. The quantitative estimate of drug-likeness (QED) is 0.509. The molecular formula is C21H23FN4O4. The van der Waals surface area contributed by atoms with Crippen LogP contribution in [0.3, 0.4) is 0 Å². The monoisotopic (exact) mass is 414 g/mol. The number of Topliss-reactive ketones (excluding diaryl/α,β-unsaturated/α-hetero) is 1. The molecule has 1 aromatic heterocycles. The summed E-state index contributed by atoms with van der Waals surface area (Å²) in [5.74, 6) is -2.64. The van der Waals surface area contributed by atoms with Crippen LogP contribution in [0.2, 0.25) is 0 Å². The smallest absolute Gasteiger partial charge is 0.294 e. The number of anilines is 1. The van der Waals surface area contributed by atoms with Gasteiger partial charge in [-0.15, -0.1) is 0 Å². The lowest BCUT2D eigenvalue weighted by atomic mass is 10.1. The fraction of sp³-hybridized carbons (Fsp3) is 0.333. The molecule has 1 atom stereocenters. The molecule has 0 saturated carbocycles. The van der Waals surface area contributed by atoms with E-state index in [-0.39, 0.29) is 35.9 Å². The summed E-state index contributed by atoms with van der Waals surface area (Å²) >= 11 is 0. The number of benzene rings is 1. The summed E-state index contributed by atoms with van der Waals surface area (Å²) in [4.78, 5) is 49.3. The van der Waals surface area contributed by atoms with E-state index < -0.39 is 23.6 Å². The molecule has 1 unspecified atom stereocenters. The van der Waals surface area contributed by atoms with Crippen LogP contribution in [0.15, 0.2) is 18.2 Å². The van der Waals surface area contributed by atoms with Crippen LogP contribution in [0.1, 0.15) is 44.1 Å². The minimum absolute atomic E-state index is 0.0997. The Kier molecular flexibility index (Phi) is 5.73. The standard InChI is InChI=1S/C21H23FN4O4/c1-10-7-13(5-6-15(10)22)24-20(29)17-11(2)18(26(4)12(17)3)19(28)21(30)25-14-8-16(27)23-9-14/h5-7,14H,8-9H2,1-4H3,(H,23,27)(H,24,29)(H,25,30). The zero-order valence-electron chi connectivity index (χ0n) is 17.2. The molecule has 1 fully saturated rings. The molecule has 0 bridgehead atoms. The number of ketones is 1. The Morgan fingerprint density at radius 3 is 2.50 bits per heavy atom. The third kappa shape index (κ3) is 3.96. The van der Waals surface area contributed by atoms with Crippen molar-refractivity contribution in [2.75, 3.05) is 11.9 Å². The minimum atomic E-state index is -0.832. The highest BCUT2D eigenvalue weighted by molar-refractivity contribution is 6.43. The van der Waals surface area contributed by atoms with Gasteiger partial charge in [-0.1, -0.05) is 0 Å². The second-order valence-corrected chi connectivity index (χ2v) is 7.42. The fourth-order valence-corrected chi connectivity index (χ4v) is 3.62. The van der Waals surface area contributed by atoms with Crippen molar-refractivity contribution in [3.63, 3.8) is 0 Å². The Morgan fingerprint density at radius 2 is 1.90 bits per heavy atom. The molecule has 1 aliphatic heterocycles. The number of amides is 3. The third-order valence-corrected chi connectivity index (χ3v) is 5.31. The number of nitrogens with zero attached hydrogens (tertiary/aromatic N) is 1. The van der Waals surface area contributed by atoms with Gasteiger partial charge in [0.25, 0.3) is 17.6 Å². The van der Waals surface area contributed by atoms with Crippen molar-refractivity contribution < 1.29 is 23.6 Å². The molecule has 1 saturated heterocycles. The van der Waals surface area contributed by atoms with E-state index >= 15 is 0 Å². The zero-order chi connectivity index (χ0) is 22.2. The molecule has 1 aliphatic rings. The van der Waals surface area contributed by atoms with Crippen molar-refractivity contribution in [2.45, 2.75) is 33.2 Å². The van der Waals surface area contributed by atoms with Crippen LogP contribution in [0.5, 0.6) is 0 Å². The SMILES string of the molecule is Cc1cc(NC(=O)c2c(C)c(C(=O)C(=O)NC3CNC(=O)C3)n(C)c2C)ccc1F. The van der Waals surface area contributed by atoms with Gasteiger partial charge in [0.1, 0.15) is 5.82 Å². The number of rotatable bonds is 5. The predicted octanol–water partition coefficient (Wildman–Crippen LogP) is 1.53. The number of carbonyl (C=O) groups excluding carboxylic acids is 4. The molecule has 0 spiro atoms. The third-order valence-electron chi connectivity index (χ3n) is 5.31. The van der Waals surface area contributed by atoms with Crippen LogP contribution in [-0.2, 0) is 16.6 Å². The number of nitrogens with one attached hydrogen (secondary N) is 3. The van der Waals surface area contributed by atoms with Crippen molar-refractivity contribution >= 4 is 29.2 Å². The molecule has 30 heavy (non-hydrogen) atoms. The second-order valence-electron chi connectivity index (χ2n) is 7.42. The highest BCUT2D eigenvalue weighted by atomic mass is 19.1. The Hall–Kier alpha value is -3.49. The van der Waals surface area contributed by atoms with Crippen molar-refractivity contribution in [1.29, 1.82) is 0 Å². The first-order chi connectivity index (χ1) is 14.1. The van der Waals surface area contributed by atoms with Crippen LogP contribution < -0.4 is 16.0 Å². The van der Waals surface area contributed by atoms with Crippen LogP contribution in [-0.4, -0.2) is 40.7 Å². The normalized spacial score (nSPS) is 15.6. The van der Waals surface area contributed by atoms with E-state index in [1.807, 2.05) is 0 Å². The Bertz CT molecular complexity index is 1070. The summed E-state index contributed by atoms with van der Waals surface area (Å²) in [6.07, 6.45) is 0.120. The second kappa shape index (κ2) is 8.10. The highest BCUT2D eigenvalue weighted by Gasteiger charge is 2.31. The van der Waals surface area contributed by atoms with Crippen molar-refractivity contribution in [1.82, 2.24) is 15.2 Å². The van der Waals surface area contributed by atoms with E-state index in [0.29, 0.717) is 22.5 Å². The first-order valence-corrected chi connectivity index (χ1v) is 9.45. The summed E-state index contributed by atoms with van der Waals surface area (Å²) in [7, 11) is 1.60. The number of hydrogen-bond acceptors (Lipinski definition) is 4. The zero-order valence-corrected chi connectivity index (χ0v) is 17.2. The Balaban J connectivity index is 1.84. The Morgan fingerprint density at radius 1 is 1.20 bits per heavy atom. The van der Waals surface area contributed by atoms with E-state index in [0.717, 1.165) is 0 Å². The number of carbonyl (C=O) groups is 4. The summed E-state index contributed by atoms with van der Waals surface area (Å²) in [6, 6.07) is 3.78. The Labute approximate surface area is 172 Å². The largest absolute Gasteiger partial charge is 0.354 e. The van der Waals surface area contributed by atoms with Gasteiger partial charge in [0.2, 0.25) is 5.91 Å². The van der Waals surface area contributed by atoms with E-state index in [4.69, 9.17) is 0 Å². The average molecular weight is 414 g/mol. The molecule has 8 nitrogen and oxygen atoms in total. The van der Waals surface area contributed by atoms with Gasteiger partial charge < -0.3 is 20.5 Å². The first-order valence-electron chi connectivity index (χ1n) is 9.45. The van der Waals surface area contributed by atoms with Gasteiger partial charge in [0.15, 0.2) is 0 Å². The summed E-state index contributed by atoms with van der Waals surface area (Å²) in [5, 5.41) is 7.84. The lowest BCUT2D eigenvalue weighted by molar-refractivity contribution is -0.119. The molecule has 0 aliphatic carbocycles. The van der Waals surface area contributed by atoms with Crippen LogP contribution >= 0.6 is 0 Å². The van der Waals surface area contributed by atoms with Gasteiger partial charge in [-0.25, -0.2) is 4.39 Å². The predicted molar refractivity (Wildman–Crippen MR) is 108 cm³/mol. The molecule has 2 heterocycles. The van der Waals surface area contributed by atoms with E-state index in [1.54, 1.807) is 27.8 Å². The van der Waals surface area contributed by atoms with E-state index in [1.165, 1.54) is 22.8 Å². The lowest BCUT2D eigenvalue weighted by Gasteiger charge is -2.10. The molecular weight excluding hydrogens is 391 g/mol. The van der Waals surface area contributed by atoms with Gasteiger partial charge in [0.05, 0.1) is 17.3 Å². The van der Waals surface area contributed by atoms with Crippen molar-refractivity contribution in [3.8, 4) is 0 Å². The lowest BCUT2D eigenvalue weighted by Crippen LogP contribution is -2.41. The molecule has 3 amide bonds. The minimum Gasteiger partial charge on any atom is -0.354 e.